The van der Waals surface area contributed by atoms with E-state index in [1.165, 1.54) is 12.1 Å². The predicted octanol–water partition coefficient (Wildman–Crippen LogP) is 4.08. The van der Waals surface area contributed by atoms with Crippen LogP contribution in [0.3, 0.4) is 0 Å². The van der Waals surface area contributed by atoms with Crippen LogP contribution in [0.25, 0.3) is 0 Å². The quantitative estimate of drug-likeness (QED) is 0.798. The smallest absolute Gasteiger partial charge is 0.238 e. The third-order valence-electron chi connectivity index (χ3n) is 3.17. The van der Waals surface area contributed by atoms with Gasteiger partial charge in [-0.05, 0) is 49.5 Å². The summed E-state index contributed by atoms with van der Waals surface area (Å²) in [6.07, 6.45) is 0. The number of hydrogen-bond donors (Lipinski definition) is 1. The highest BCUT2D eigenvalue weighted by atomic mass is 35.5. The van der Waals surface area contributed by atoms with Crippen LogP contribution < -0.4 is 10.1 Å². The molecule has 4 nitrogen and oxygen atoms in total. The Kier molecular flexibility index (Phi) is 6.85. The number of benzene rings is 2. The van der Waals surface area contributed by atoms with Gasteiger partial charge in [0.15, 0.2) is 0 Å². The van der Waals surface area contributed by atoms with E-state index in [1.54, 1.807) is 36.2 Å². The van der Waals surface area contributed by atoms with E-state index in [2.05, 4.69) is 5.32 Å². The summed E-state index contributed by atoms with van der Waals surface area (Å²) in [4.78, 5) is 13.7. The first-order valence-corrected chi connectivity index (χ1v) is 8.01. The second-order valence-electron chi connectivity index (χ2n) is 5.21. The van der Waals surface area contributed by atoms with Gasteiger partial charge < -0.3 is 10.1 Å². The molecule has 7 heteroatoms. The van der Waals surface area contributed by atoms with Gasteiger partial charge in [0.2, 0.25) is 5.91 Å². The summed E-state index contributed by atoms with van der Waals surface area (Å²) in [5.41, 5.74) is 0.107. The molecule has 0 atom stereocenters. The summed E-state index contributed by atoms with van der Waals surface area (Å²) in [6, 6.07) is 11.1. The van der Waals surface area contributed by atoms with Gasteiger partial charge in [-0.2, -0.15) is 0 Å². The molecular weight excluding hydrogens is 354 g/mol. The highest BCUT2D eigenvalue weighted by Crippen LogP contribution is 2.18. The standard InChI is InChI=1S/C17H17Cl2FN2O2/c1-22(8-9-24-14-5-2-12(18)3-6-14)11-17(23)21-16-7-4-13(19)10-15(16)20/h2-7,10H,8-9,11H2,1H3,(H,21,23). The lowest BCUT2D eigenvalue weighted by molar-refractivity contribution is -0.117. The molecule has 0 aliphatic carbocycles. The van der Waals surface area contributed by atoms with Crippen molar-refractivity contribution in [1.29, 1.82) is 0 Å². The van der Waals surface area contributed by atoms with Crippen LogP contribution in [0.15, 0.2) is 42.5 Å². The summed E-state index contributed by atoms with van der Waals surface area (Å²) >= 11 is 11.5. The number of halogens is 3. The average molecular weight is 371 g/mol. The largest absolute Gasteiger partial charge is 0.492 e. The van der Waals surface area contributed by atoms with Gasteiger partial charge in [-0.1, -0.05) is 23.2 Å². The molecule has 2 rings (SSSR count). The number of nitrogens with one attached hydrogen (secondary N) is 1. The number of anilines is 1. The molecule has 0 aliphatic heterocycles. The molecule has 0 radical (unpaired) electrons. The summed E-state index contributed by atoms with van der Waals surface area (Å²) in [5, 5.41) is 3.44. The molecular formula is C17H17Cl2FN2O2. The fraction of sp³-hybridized carbons (Fsp3) is 0.235. The van der Waals surface area contributed by atoms with E-state index in [-0.39, 0.29) is 23.2 Å². The van der Waals surface area contributed by atoms with Crippen LogP contribution in [-0.2, 0) is 4.79 Å². The Hall–Kier alpha value is -1.82. The van der Waals surface area contributed by atoms with Crippen LogP contribution in [-0.4, -0.2) is 37.6 Å². The summed E-state index contributed by atoms with van der Waals surface area (Å²) in [7, 11) is 1.78. The first kappa shape index (κ1) is 18.5. The average Bonchev–Trinajstić information content (AvgIpc) is 2.52. The Morgan fingerprint density at radius 1 is 1.17 bits per heavy atom. The zero-order valence-corrected chi connectivity index (χ0v) is 14.6. The van der Waals surface area contributed by atoms with Crippen LogP contribution in [0, 0.1) is 5.82 Å². The topological polar surface area (TPSA) is 41.6 Å². The highest BCUT2D eigenvalue weighted by Gasteiger charge is 2.10. The Morgan fingerprint density at radius 3 is 2.50 bits per heavy atom. The van der Waals surface area contributed by atoms with Gasteiger partial charge in [-0.25, -0.2) is 4.39 Å². The molecule has 0 aliphatic rings. The normalized spacial score (nSPS) is 10.7. The van der Waals surface area contributed by atoms with E-state index >= 15 is 0 Å². The number of carbonyl (C=O) groups is 1. The molecule has 0 bridgehead atoms. The summed E-state index contributed by atoms with van der Waals surface area (Å²) in [6.45, 7) is 1.08. The SMILES string of the molecule is CN(CCOc1ccc(Cl)cc1)CC(=O)Nc1ccc(Cl)cc1F. The Bertz CT molecular complexity index is 695. The Balaban J connectivity index is 1.74. The summed E-state index contributed by atoms with van der Waals surface area (Å²) in [5.74, 6) is -0.171. The van der Waals surface area contributed by atoms with Crippen molar-refractivity contribution in [3.05, 3.63) is 58.3 Å². The molecule has 2 aromatic rings. The molecule has 2 aromatic carbocycles. The van der Waals surface area contributed by atoms with E-state index in [0.717, 1.165) is 6.07 Å². The zero-order chi connectivity index (χ0) is 17.5. The monoisotopic (exact) mass is 370 g/mol. The Labute approximate surface area is 150 Å². The van der Waals surface area contributed by atoms with Crippen LogP contribution in [0.5, 0.6) is 5.75 Å². The maximum absolute atomic E-state index is 13.6. The van der Waals surface area contributed by atoms with Crippen LogP contribution >= 0.6 is 23.2 Å². The predicted molar refractivity (Wildman–Crippen MR) is 94.5 cm³/mol. The third kappa shape index (κ3) is 6.00. The van der Waals surface area contributed by atoms with Crippen molar-refractivity contribution in [3.63, 3.8) is 0 Å². The first-order valence-electron chi connectivity index (χ1n) is 7.26. The van der Waals surface area contributed by atoms with Crippen LogP contribution in [0.4, 0.5) is 10.1 Å². The van der Waals surface area contributed by atoms with Crippen molar-refractivity contribution in [2.24, 2.45) is 0 Å². The fourth-order valence-corrected chi connectivity index (χ4v) is 2.24. The van der Waals surface area contributed by atoms with Gasteiger partial charge in [0.25, 0.3) is 0 Å². The minimum atomic E-state index is -0.565. The molecule has 0 fully saturated rings. The van der Waals surface area contributed by atoms with Gasteiger partial charge in [-0.3, -0.25) is 9.69 Å². The molecule has 1 N–H and O–H groups in total. The molecule has 128 valence electrons. The van der Waals surface area contributed by atoms with Crippen molar-refractivity contribution in [2.45, 2.75) is 0 Å². The number of nitrogens with zero attached hydrogens (tertiary/aromatic N) is 1. The second-order valence-corrected chi connectivity index (χ2v) is 6.09. The molecule has 0 saturated carbocycles. The van der Waals surface area contributed by atoms with Crippen molar-refractivity contribution in [2.75, 3.05) is 32.1 Å². The lowest BCUT2D eigenvalue weighted by atomic mass is 10.3. The molecule has 0 unspecified atom stereocenters. The maximum atomic E-state index is 13.6. The maximum Gasteiger partial charge on any atom is 0.238 e. The number of amides is 1. The second kappa shape index (κ2) is 8.87. The lowest BCUT2D eigenvalue weighted by Gasteiger charge is -2.17. The zero-order valence-electron chi connectivity index (χ0n) is 13.1. The Morgan fingerprint density at radius 2 is 1.83 bits per heavy atom. The number of likely N-dealkylation sites (N-methyl/N-ethyl adjacent to an activating group) is 1. The fourth-order valence-electron chi connectivity index (χ4n) is 1.95. The van der Waals surface area contributed by atoms with Crippen molar-refractivity contribution < 1.29 is 13.9 Å². The molecule has 0 spiro atoms. The molecule has 1 amide bonds. The van der Waals surface area contributed by atoms with E-state index in [0.29, 0.717) is 23.9 Å². The van der Waals surface area contributed by atoms with Gasteiger partial charge >= 0.3 is 0 Å². The van der Waals surface area contributed by atoms with Gasteiger partial charge in [0.05, 0.1) is 12.2 Å². The highest BCUT2D eigenvalue weighted by molar-refractivity contribution is 6.30. The van der Waals surface area contributed by atoms with E-state index in [4.69, 9.17) is 27.9 Å². The van der Waals surface area contributed by atoms with Crippen LogP contribution in [0.2, 0.25) is 10.0 Å². The summed E-state index contributed by atoms with van der Waals surface area (Å²) < 4.78 is 19.2. The van der Waals surface area contributed by atoms with Crippen LogP contribution in [0.1, 0.15) is 0 Å². The molecule has 24 heavy (non-hydrogen) atoms. The van der Waals surface area contributed by atoms with Crippen molar-refractivity contribution in [3.8, 4) is 5.75 Å². The minimum absolute atomic E-state index is 0.107. The first-order chi connectivity index (χ1) is 11.4. The lowest BCUT2D eigenvalue weighted by Crippen LogP contribution is -2.33. The van der Waals surface area contributed by atoms with E-state index < -0.39 is 5.82 Å². The third-order valence-corrected chi connectivity index (χ3v) is 3.66. The number of rotatable bonds is 7. The van der Waals surface area contributed by atoms with E-state index in [9.17, 15) is 9.18 Å². The van der Waals surface area contributed by atoms with Gasteiger partial charge in [0, 0.05) is 16.6 Å². The molecule has 0 heterocycles. The van der Waals surface area contributed by atoms with E-state index in [1.807, 2.05) is 0 Å². The van der Waals surface area contributed by atoms with Gasteiger partial charge in [0.1, 0.15) is 18.2 Å². The number of carbonyl (C=O) groups excluding carboxylic acids is 1. The van der Waals surface area contributed by atoms with Crippen molar-refractivity contribution in [1.82, 2.24) is 4.90 Å². The van der Waals surface area contributed by atoms with Gasteiger partial charge in [-0.15, -0.1) is 0 Å². The van der Waals surface area contributed by atoms with Crippen molar-refractivity contribution >= 4 is 34.8 Å². The molecule has 0 saturated heterocycles. The minimum Gasteiger partial charge on any atom is -0.492 e. The number of hydrogen-bond acceptors (Lipinski definition) is 3. The number of ether oxygens (including phenoxy) is 1. The molecule has 0 aromatic heterocycles.